The number of carbonyl (C=O) groups excluding carboxylic acids is 1. The van der Waals surface area contributed by atoms with Gasteiger partial charge in [0.15, 0.2) is 17.5 Å². The van der Waals surface area contributed by atoms with Crippen LogP contribution in [0.1, 0.15) is 6.92 Å². The summed E-state index contributed by atoms with van der Waals surface area (Å²) in [6.45, 7) is 1.91. The molecule has 76 valence electrons. The normalized spacial score (nSPS) is 9.57. The number of halogens is 1. The molecule has 0 aliphatic heterocycles. The molecule has 1 heterocycles. The summed E-state index contributed by atoms with van der Waals surface area (Å²) in [4.78, 5) is 14.7. The van der Waals surface area contributed by atoms with Gasteiger partial charge in [-0.2, -0.15) is 0 Å². The smallest absolute Gasteiger partial charge is 0.344 e. The van der Waals surface area contributed by atoms with E-state index in [1.165, 1.54) is 0 Å². The Bertz CT molecular complexity index is 317. The van der Waals surface area contributed by atoms with Crippen molar-refractivity contribution in [2.75, 3.05) is 13.2 Å². The summed E-state index contributed by atoms with van der Waals surface area (Å²) in [5.74, 6) is -0.0466. The molecule has 0 amide bonds. The number of ether oxygens (including phenoxy) is 2. The summed E-state index contributed by atoms with van der Waals surface area (Å²) in [6, 6.07) is 3.31. The van der Waals surface area contributed by atoms with Gasteiger partial charge in [0.2, 0.25) is 0 Å². The molecular weight excluding hydrogens is 206 g/mol. The highest BCUT2D eigenvalue weighted by Crippen LogP contribution is 2.19. The molecule has 0 radical (unpaired) electrons. The Balaban J connectivity index is 2.46. The first-order chi connectivity index (χ1) is 6.74. The molecule has 0 N–H and O–H groups in total. The molecule has 0 saturated carbocycles. The molecule has 0 bridgehead atoms. The molecule has 0 fully saturated rings. The van der Waals surface area contributed by atoms with Crippen LogP contribution in [-0.2, 0) is 9.53 Å². The predicted octanol–water partition coefficient (Wildman–Crippen LogP) is 1.68. The quantitative estimate of drug-likeness (QED) is 0.566. The number of hydrogen-bond acceptors (Lipinski definition) is 4. The van der Waals surface area contributed by atoms with Crippen molar-refractivity contribution in [3.05, 3.63) is 23.5 Å². The number of rotatable bonds is 4. The molecular formula is C9H10ClNO3. The second-order valence-electron chi connectivity index (χ2n) is 2.39. The molecule has 1 rings (SSSR count). The molecule has 0 aliphatic carbocycles. The highest BCUT2D eigenvalue weighted by atomic mass is 35.5. The van der Waals surface area contributed by atoms with Gasteiger partial charge in [-0.05, 0) is 19.1 Å². The molecule has 5 heteroatoms. The number of esters is 1. The number of nitrogens with zero attached hydrogens (tertiary/aromatic N) is 1. The number of hydrogen-bond donors (Lipinski definition) is 0. The summed E-state index contributed by atoms with van der Waals surface area (Å²) in [7, 11) is 0. The van der Waals surface area contributed by atoms with E-state index in [-0.39, 0.29) is 11.8 Å². The maximum atomic E-state index is 10.9. The molecule has 14 heavy (non-hydrogen) atoms. The molecule has 0 saturated heterocycles. The van der Waals surface area contributed by atoms with Gasteiger partial charge in [-0.1, -0.05) is 11.6 Å². The third kappa shape index (κ3) is 3.22. The van der Waals surface area contributed by atoms with E-state index in [4.69, 9.17) is 16.3 Å². The van der Waals surface area contributed by atoms with Crippen molar-refractivity contribution in [3.63, 3.8) is 0 Å². The average molecular weight is 216 g/mol. The van der Waals surface area contributed by atoms with Gasteiger partial charge in [-0.3, -0.25) is 0 Å². The highest BCUT2D eigenvalue weighted by Gasteiger charge is 2.05. The van der Waals surface area contributed by atoms with Crippen LogP contribution >= 0.6 is 11.6 Å². The van der Waals surface area contributed by atoms with E-state index in [9.17, 15) is 4.79 Å². The number of aromatic nitrogens is 1. The Morgan fingerprint density at radius 3 is 3.07 bits per heavy atom. The van der Waals surface area contributed by atoms with Crippen LogP contribution in [0.2, 0.25) is 5.15 Å². The minimum absolute atomic E-state index is 0.154. The summed E-state index contributed by atoms with van der Waals surface area (Å²) >= 11 is 5.70. The molecule has 0 unspecified atom stereocenters. The lowest BCUT2D eigenvalue weighted by Gasteiger charge is -2.05. The van der Waals surface area contributed by atoms with E-state index in [2.05, 4.69) is 9.72 Å². The van der Waals surface area contributed by atoms with Gasteiger partial charge in [-0.25, -0.2) is 9.78 Å². The first kappa shape index (κ1) is 10.8. The van der Waals surface area contributed by atoms with E-state index in [1.807, 2.05) is 0 Å². The van der Waals surface area contributed by atoms with Crippen LogP contribution in [0.3, 0.4) is 0 Å². The fourth-order valence-corrected chi connectivity index (χ4v) is 0.992. The first-order valence-electron chi connectivity index (χ1n) is 4.13. The van der Waals surface area contributed by atoms with Crippen LogP contribution in [0.25, 0.3) is 0 Å². The van der Waals surface area contributed by atoms with E-state index in [0.717, 1.165) is 0 Å². The van der Waals surface area contributed by atoms with Gasteiger partial charge in [0, 0.05) is 6.20 Å². The molecule has 0 atom stereocenters. The van der Waals surface area contributed by atoms with Crippen LogP contribution in [0.4, 0.5) is 0 Å². The van der Waals surface area contributed by atoms with Gasteiger partial charge in [-0.15, -0.1) is 0 Å². The maximum Gasteiger partial charge on any atom is 0.344 e. The average Bonchev–Trinajstić information content (AvgIpc) is 2.17. The van der Waals surface area contributed by atoms with E-state index >= 15 is 0 Å². The fraction of sp³-hybridized carbons (Fsp3) is 0.333. The monoisotopic (exact) mass is 215 g/mol. The Kier molecular flexibility index (Phi) is 4.19. The molecule has 0 aliphatic rings. The predicted molar refractivity (Wildman–Crippen MR) is 51.4 cm³/mol. The third-order valence-electron chi connectivity index (χ3n) is 1.38. The Morgan fingerprint density at radius 2 is 2.43 bits per heavy atom. The van der Waals surface area contributed by atoms with Crippen molar-refractivity contribution in [1.82, 2.24) is 4.98 Å². The SMILES string of the molecule is CCOC(=O)COc1cccnc1Cl. The summed E-state index contributed by atoms with van der Waals surface area (Å²) in [5, 5.41) is 0.233. The minimum Gasteiger partial charge on any atom is -0.479 e. The molecule has 4 nitrogen and oxygen atoms in total. The van der Waals surface area contributed by atoms with E-state index in [1.54, 1.807) is 25.3 Å². The Hall–Kier alpha value is -1.29. The zero-order valence-electron chi connectivity index (χ0n) is 7.70. The van der Waals surface area contributed by atoms with Crippen LogP contribution in [0, 0.1) is 0 Å². The van der Waals surface area contributed by atoms with Crippen LogP contribution in [0.5, 0.6) is 5.75 Å². The lowest BCUT2D eigenvalue weighted by Crippen LogP contribution is -2.14. The lowest BCUT2D eigenvalue weighted by molar-refractivity contribution is -0.145. The van der Waals surface area contributed by atoms with E-state index < -0.39 is 5.97 Å². The Labute approximate surface area is 86.8 Å². The maximum absolute atomic E-state index is 10.9. The largest absolute Gasteiger partial charge is 0.479 e. The van der Waals surface area contributed by atoms with Crippen LogP contribution < -0.4 is 4.74 Å². The number of pyridine rings is 1. The van der Waals surface area contributed by atoms with Gasteiger partial charge < -0.3 is 9.47 Å². The van der Waals surface area contributed by atoms with Crippen molar-refractivity contribution >= 4 is 17.6 Å². The first-order valence-corrected chi connectivity index (χ1v) is 4.50. The zero-order chi connectivity index (χ0) is 10.4. The molecule has 0 spiro atoms. The van der Waals surface area contributed by atoms with Gasteiger partial charge in [0.25, 0.3) is 0 Å². The van der Waals surface area contributed by atoms with Crippen molar-refractivity contribution in [2.45, 2.75) is 6.92 Å². The standard InChI is InChI=1S/C9H10ClNO3/c1-2-13-8(12)6-14-7-4-3-5-11-9(7)10/h3-5H,2,6H2,1H3. The van der Waals surface area contributed by atoms with E-state index in [0.29, 0.717) is 12.4 Å². The highest BCUT2D eigenvalue weighted by molar-refractivity contribution is 6.30. The summed E-state index contributed by atoms with van der Waals surface area (Å²) in [6.07, 6.45) is 1.54. The summed E-state index contributed by atoms with van der Waals surface area (Å²) < 4.78 is 9.76. The second kappa shape index (κ2) is 5.44. The minimum atomic E-state index is -0.424. The summed E-state index contributed by atoms with van der Waals surface area (Å²) in [5.41, 5.74) is 0. The Morgan fingerprint density at radius 1 is 1.64 bits per heavy atom. The molecule has 0 aromatic carbocycles. The van der Waals surface area contributed by atoms with Gasteiger partial charge >= 0.3 is 5.97 Å². The van der Waals surface area contributed by atoms with Crippen LogP contribution in [0.15, 0.2) is 18.3 Å². The van der Waals surface area contributed by atoms with Crippen molar-refractivity contribution in [2.24, 2.45) is 0 Å². The molecule has 1 aromatic rings. The van der Waals surface area contributed by atoms with Crippen LogP contribution in [-0.4, -0.2) is 24.2 Å². The van der Waals surface area contributed by atoms with Gasteiger partial charge in [0.1, 0.15) is 0 Å². The van der Waals surface area contributed by atoms with Crippen molar-refractivity contribution in [3.8, 4) is 5.75 Å². The van der Waals surface area contributed by atoms with Crippen molar-refractivity contribution < 1.29 is 14.3 Å². The zero-order valence-corrected chi connectivity index (χ0v) is 8.45. The second-order valence-corrected chi connectivity index (χ2v) is 2.74. The molecule has 1 aromatic heterocycles. The lowest BCUT2D eigenvalue weighted by atomic mass is 10.5. The topological polar surface area (TPSA) is 48.4 Å². The van der Waals surface area contributed by atoms with Crippen molar-refractivity contribution in [1.29, 1.82) is 0 Å². The van der Waals surface area contributed by atoms with Gasteiger partial charge in [0.05, 0.1) is 6.61 Å². The fourth-order valence-electron chi connectivity index (χ4n) is 0.818. The number of carbonyl (C=O) groups is 1. The third-order valence-corrected chi connectivity index (χ3v) is 1.66.